The van der Waals surface area contributed by atoms with Crippen molar-refractivity contribution in [3.63, 3.8) is 0 Å². The number of nitrogen functional groups attached to an aromatic ring is 1. The molecule has 1 aliphatic heterocycles. The molecule has 0 aliphatic carbocycles. The number of carbonyl (C=O) groups is 1. The molecule has 146 valence electrons. The number of aliphatic hydroxyl groups is 1. The van der Waals surface area contributed by atoms with Gasteiger partial charge in [0.25, 0.3) is 0 Å². The molecule has 0 spiro atoms. The Kier molecular flexibility index (Phi) is 4.28. The van der Waals surface area contributed by atoms with Crippen molar-refractivity contribution < 1.29 is 23.8 Å². The van der Waals surface area contributed by atoms with Gasteiger partial charge in [-0.2, -0.15) is 5.10 Å². The first-order valence-corrected chi connectivity index (χ1v) is 8.72. The minimum Gasteiger partial charge on any atom is -0.459 e. The van der Waals surface area contributed by atoms with E-state index in [2.05, 4.69) is 10.1 Å². The van der Waals surface area contributed by atoms with Crippen molar-refractivity contribution in [2.45, 2.75) is 30.9 Å². The molecule has 1 aromatic carbocycles. The Balaban J connectivity index is 1.55. The number of esters is 1. The van der Waals surface area contributed by atoms with Crippen molar-refractivity contribution in [3.8, 4) is 0 Å². The molecule has 1 aliphatic rings. The fourth-order valence-electron chi connectivity index (χ4n) is 3.43. The van der Waals surface area contributed by atoms with Crippen LogP contribution in [0.3, 0.4) is 0 Å². The standard InChI is InChI=1S/C19H19FN4O4/c1-18(20)9-13(10-27-17(25)12-5-3-2-4-6-12)28-19(18,26)15-8-7-14-16(21)22-11-23-24(14)15/h2-8,11,13,26H,9-10H2,1H3,(H2,21,22,23)/t13-,18+,19?/m0/s1. The lowest BCUT2D eigenvalue weighted by Crippen LogP contribution is -2.44. The van der Waals surface area contributed by atoms with Gasteiger partial charge in [0.15, 0.2) is 11.5 Å². The van der Waals surface area contributed by atoms with Crippen molar-refractivity contribution >= 4 is 17.3 Å². The van der Waals surface area contributed by atoms with Crippen molar-refractivity contribution in [3.05, 3.63) is 60.0 Å². The summed E-state index contributed by atoms with van der Waals surface area (Å²) in [5.41, 5.74) is 4.53. The van der Waals surface area contributed by atoms with E-state index in [1.165, 1.54) is 23.8 Å². The van der Waals surface area contributed by atoms with Gasteiger partial charge in [0.2, 0.25) is 5.79 Å². The molecular weight excluding hydrogens is 367 g/mol. The number of halogens is 1. The number of fused-ring (bicyclic) bond motifs is 1. The van der Waals surface area contributed by atoms with Crippen LogP contribution in [0.4, 0.5) is 10.2 Å². The van der Waals surface area contributed by atoms with Crippen molar-refractivity contribution in [1.29, 1.82) is 0 Å². The van der Waals surface area contributed by atoms with Gasteiger partial charge in [-0.3, -0.25) is 0 Å². The van der Waals surface area contributed by atoms with E-state index in [0.29, 0.717) is 11.1 Å². The first-order valence-electron chi connectivity index (χ1n) is 8.72. The number of rotatable bonds is 4. The highest BCUT2D eigenvalue weighted by molar-refractivity contribution is 5.89. The van der Waals surface area contributed by atoms with Gasteiger partial charge >= 0.3 is 5.97 Å². The average Bonchev–Trinajstić information content (AvgIpc) is 3.21. The van der Waals surface area contributed by atoms with Crippen LogP contribution < -0.4 is 5.73 Å². The Labute approximate surface area is 159 Å². The first-order chi connectivity index (χ1) is 13.3. The fraction of sp³-hybridized carbons (Fsp3) is 0.316. The van der Waals surface area contributed by atoms with E-state index in [0.717, 1.165) is 0 Å². The average molecular weight is 386 g/mol. The van der Waals surface area contributed by atoms with Gasteiger partial charge in [0.05, 0.1) is 11.7 Å². The molecular formula is C19H19FN4O4. The maximum absolute atomic E-state index is 15.3. The molecule has 0 radical (unpaired) electrons. The van der Waals surface area contributed by atoms with Gasteiger partial charge in [0, 0.05) is 6.42 Å². The highest BCUT2D eigenvalue weighted by Gasteiger charge is 2.60. The zero-order valence-corrected chi connectivity index (χ0v) is 15.1. The second-order valence-electron chi connectivity index (χ2n) is 6.91. The van der Waals surface area contributed by atoms with Gasteiger partial charge in [-0.1, -0.05) is 18.2 Å². The van der Waals surface area contributed by atoms with Crippen LogP contribution in [0.1, 0.15) is 29.4 Å². The van der Waals surface area contributed by atoms with E-state index in [1.807, 2.05) is 0 Å². The highest BCUT2D eigenvalue weighted by Crippen LogP contribution is 2.47. The minimum atomic E-state index is -2.29. The van der Waals surface area contributed by atoms with Gasteiger partial charge in [-0.25, -0.2) is 18.7 Å². The lowest BCUT2D eigenvalue weighted by atomic mass is 9.92. The van der Waals surface area contributed by atoms with Crippen LogP contribution >= 0.6 is 0 Å². The normalized spacial score (nSPS) is 27.2. The molecule has 3 aromatic rings. The number of hydrogen-bond acceptors (Lipinski definition) is 7. The van der Waals surface area contributed by atoms with Crippen LogP contribution in [0.5, 0.6) is 0 Å². The third-order valence-electron chi connectivity index (χ3n) is 4.89. The molecule has 8 nitrogen and oxygen atoms in total. The van der Waals surface area contributed by atoms with Crippen LogP contribution in [0, 0.1) is 0 Å². The molecule has 3 heterocycles. The van der Waals surface area contributed by atoms with Crippen LogP contribution in [0.25, 0.3) is 5.52 Å². The number of nitrogens with zero attached hydrogens (tertiary/aromatic N) is 3. The largest absolute Gasteiger partial charge is 0.459 e. The molecule has 1 saturated heterocycles. The molecule has 0 saturated carbocycles. The number of carbonyl (C=O) groups excluding carboxylic acids is 1. The summed E-state index contributed by atoms with van der Waals surface area (Å²) in [6.07, 6.45) is 0.204. The monoisotopic (exact) mass is 386 g/mol. The number of aromatic nitrogens is 3. The van der Waals surface area contributed by atoms with Crippen molar-refractivity contribution in [2.24, 2.45) is 0 Å². The van der Waals surface area contributed by atoms with Gasteiger partial charge in [0.1, 0.15) is 24.1 Å². The van der Waals surface area contributed by atoms with Crippen LogP contribution in [-0.4, -0.2) is 44.1 Å². The summed E-state index contributed by atoms with van der Waals surface area (Å²) < 4.78 is 27.5. The summed E-state index contributed by atoms with van der Waals surface area (Å²) in [5, 5.41) is 15.1. The Morgan fingerprint density at radius 1 is 1.39 bits per heavy atom. The maximum Gasteiger partial charge on any atom is 0.338 e. The van der Waals surface area contributed by atoms with E-state index in [-0.39, 0.29) is 24.5 Å². The second-order valence-corrected chi connectivity index (χ2v) is 6.91. The van der Waals surface area contributed by atoms with Crippen LogP contribution in [-0.2, 0) is 15.3 Å². The highest BCUT2D eigenvalue weighted by atomic mass is 19.1. The van der Waals surface area contributed by atoms with Crippen LogP contribution in [0.15, 0.2) is 48.8 Å². The van der Waals surface area contributed by atoms with Crippen LogP contribution in [0.2, 0.25) is 0 Å². The number of nitrogens with two attached hydrogens (primary N) is 1. The smallest absolute Gasteiger partial charge is 0.338 e. The summed E-state index contributed by atoms with van der Waals surface area (Å²) in [4.78, 5) is 16.0. The molecule has 9 heteroatoms. The molecule has 3 N–H and O–H groups in total. The summed E-state index contributed by atoms with van der Waals surface area (Å²) >= 11 is 0. The summed E-state index contributed by atoms with van der Waals surface area (Å²) in [6.45, 7) is 1.03. The topological polar surface area (TPSA) is 112 Å². The quantitative estimate of drug-likeness (QED) is 0.658. The van der Waals surface area contributed by atoms with Crippen molar-refractivity contribution in [1.82, 2.24) is 14.6 Å². The zero-order chi connectivity index (χ0) is 19.9. The summed E-state index contributed by atoms with van der Waals surface area (Å²) in [5.74, 6) is -2.64. The number of benzene rings is 1. The van der Waals surface area contributed by atoms with Gasteiger partial charge in [-0.15, -0.1) is 0 Å². The Bertz CT molecular complexity index is 1020. The lowest BCUT2D eigenvalue weighted by molar-refractivity contribution is -0.255. The molecule has 0 amide bonds. The molecule has 1 fully saturated rings. The lowest BCUT2D eigenvalue weighted by Gasteiger charge is -2.30. The van der Waals surface area contributed by atoms with E-state index >= 15 is 4.39 Å². The van der Waals surface area contributed by atoms with E-state index < -0.39 is 23.5 Å². The Hall–Kier alpha value is -3.04. The molecule has 2 aromatic heterocycles. The molecule has 3 atom stereocenters. The minimum absolute atomic E-state index is 0.0819. The molecule has 1 unspecified atom stereocenters. The molecule has 28 heavy (non-hydrogen) atoms. The SMILES string of the molecule is C[C@@]1(F)C[C@@H](COC(=O)c2ccccc2)OC1(O)c1ccc2c(N)ncnn12. The van der Waals surface area contributed by atoms with E-state index in [9.17, 15) is 9.90 Å². The molecule has 4 rings (SSSR count). The number of ether oxygens (including phenoxy) is 2. The molecule has 0 bridgehead atoms. The third kappa shape index (κ3) is 2.88. The fourth-order valence-corrected chi connectivity index (χ4v) is 3.43. The zero-order valence-electron chi connectivity index (χ0n) is 15.1. The first kappa shape index (κ1) is 18.3. The van der Waals surface area contributed by atoms with Crippen molar-refractivity contribution in [2.75, 3.05) is 12.3 Å². The van der Waals surface area contributed by atoms with E-state index in [1.54, 1.807) is 36.4 Å². The number of anilines is 1. The Morgan fingerprint density at radius 2 is 2.14 bits per heavy atom. The van der Waals surface area contributed by atoms with Gasteiger partial charge < -0.3 is 20.3 Å². The maximum atomic E-state index is 15.3. The summed E-state index contributed by atoms with van der Waals surface area (Å²) in [6, 6.07) is 11.5. The predicted octanol–water partition coefficient (Wildman–Crippen LogP) is 1.83. The second kappa shape index (κ2) is 6.54. The summed E-state index contributed by atoms with van der Waals surface area (Å²) in [7, 11) is 0. The third-order valence-corrected chi connectivity index (χ3v) is 4.89. The van der Waals surface area contributed by atoms with Gasteiger partial charge in [-0.05, 0) is 31.2 Å². The number of alkyl halides is 1. The Morgan fingerprint density at radius 3 is 2.89 bits per heavy atom. The number of hydrogen-bond donors (Lipinski definition) is 2. The predicted molar refractivity (Wildman–Crippen MR) is 97.0 cm³/mol. The van der Waals surface area contributed by atoms with E-state index in [4.69, 9.17) is 15.2 Å².